The molecule has 1 aliphatic heterocycles. The predicted molar refractivity (Wildman–Crippen MR) is 101 cm³/mol. The normalized spacial score (nSPS) is 20.7. The van der Waals surface area contributed by atoms with Gasteiger partial charge in [0.25, 0.3) is 0 Å². The summed E-state index contributed by atoms with van der Waals surface area (Å²) < 4.78 is 10.6. The van der Waals surface area contributed by atoms with E-state index in [2.05, 4.69) is 0 Å². The molecule has 4 rings (SSSR count). The quantitative estimate of drug-likeness (QED) is 0.590. The Morgan fingerprint density at radius 2 is 1.66 bits per heavy atom. The second-order valence-electron chi connectivity index (χ2n) is 7.37. The zero-order valence-corrected chi connectivity index (χ0v) is 15.6. The summed E-state index contributed by atoms with van der Waals surface area (Å²) in [6.07, 6.45) is 0.598. The number of phenols is 2. The maximum Gasteiger partial charge on any atom is 0.231 e. The smallest absolute Gasteiger partial charge is 0.231 e. The number of hydrogen-bond acceptors (Lipinski definition) is 7. The third-order valence-electron chi connectivity index (χ3n) is 5.43. The molecule has 0 bridgehead atoms. The van der Waals surface area contributed by atoms with Crippen LogP contribution in [0.25, 0.3) is 0 Å². The van der Waals surface area contributed by atoms with Crippen molar-refractivity contribution in [2.24, 2.45) is 5.92 Å². The zero-order valence-electron chi connectivity index (χ0n) is 15.6. The first-order valence-electron chi connectivity index (χ1n) is 9.41. The van der Waals surface area contributed by atoms with Gasteiger partial charge in [0.2, 0.25) is 6.79 Å². The molecular weight excluding hydrogens is 376 g/mol. The number of aryl methyl sites for hydroxylation is 1. The average Bonchev–Trinajstić information content (AvgIpc) is 3.15. The van der Waals surface area contributed by atoms with Gasteiger partial charge in [-0.1, -0.05) is 12.1 Å². The van der Waals surface area contributed by atoms with Gasteiger partial charge in [-0.05, 0) is 47.7 Å². The molecule has 0 atom stereocenters. The van der Waals surface area contributed by atoms with Crippen molar-refractivity contribution in [3.8, 4) is 23.0 Å². The van der Waals surface area contributed by atoms with E-state index in [1.165, 1.54) is 12.1 Å². The van der Waals surface area contributed by atoms with Gasteiger partial charge < -0.3 is 19.7 Å². The minimum atomic E-state index is -1.22. The molecule has 2 aliphatic rings. The third kappa shape index (κ3) is 3.81. The molecule has 0 radical (unpaired) electrons. The molecule has 0 aromatic heterocycles. The van der Waals surface area contributed by atoms with Gasteiger partial charge in [0.15, 0.2) is 40.3 Å². The van der Waals surface area contributed by atoms with E-state index in [-0.39, 0.29) is 43.3 Å². The second-order valence-corrected chi connectivity index (χ2v) is 7.37. The number of aromatic hydroxyl groups is 2. The molecule has 2 aromatic carbocycles. The van der Waals surface area contributed by atoms with Crippen LogP contribution in [0.4, 0.5) is 0 Å². The number of rotatable bonds is 5. The van der Waals surface area contributed by atoms with Gasteiger partial charge in [-0.15, -0.1) is 0 Å². The zero-order chi connectivity index (χ0) is 20.5. The Labute approximate surface area is 166 Å². The molecular formula is C22H20O7. The van der Waals surface area contributed by atoms with E-state index < -0.39 is 23.4 Å². The van der Waals surface area contributed by atoms with Crippen LogP contribution in [0.5, 0.6) is 23.0 Å². The number of ketones is 3. The molecule has 0 unspecified atom stereocenters. The van der Waals surface area contributed by atoms with Crippen molar-refractivity contribution in [1.82, 2.24) is 0 Å². The standard InChI is InChI=1S/C22H20O7/c23-15-5-3-13(8-17(15)25)14-9-18(26)22(19(27)10-14)16(24)4-1-12-2-6-20-21(7-12)29-11-28-20/h2-3,5-8,14,22-23,25H,1,4,9-11H2. The topological polar surface area (TPSA) is 110 Å². The Balaban J connectivity index is 1.40. The number of hydrogen-bond donors (Lipinski definition) is 2. The molecule has 1 saturated carbocycles. The SMILES string of the molecule is O=C(CCc1ccc2c(c1)OCO2)C1C(=O)CC(c2ccc(O)c(O)c2)CC1=O. The van der Waals surface area contributed by atoms with Crippen LogP contribution < -0.4 is 9.47 Å². The number of carbonyl (C=O) groups excluding carboxylic acids is 3. The number of fused-ring (bicyclic) bond motifs is 1. The predicted octanol–water partition coefficient (Wildman–Crippen LogP) is 2.66. The monoisotopic (exact) mass is 396 g/mol. The molecule has 7 heteroatoms. The number of Topliss-reactive ketones (excluding diaryl/α,β-unsaturated/α-hetero) is 3. The Morgan fingerprint density at radius 3 is 2.38 bits per heavy atom. The van der Waals surface area contributed by atoms with Gasteiger partial charge in [0.05, 0.1) is 0 Å². The van der Waals surface area contributed by atoms with Crippen molar-refractivity contribution >= 4 is 17.3 Å². The van der Waals surface area contributed by atoms with E-state index in [4.69, 9.17) is 9.47 Å². The van der Waals surface area contributed by atoms with Gasteiger partial charge in [-0.2, -0.15) is 0 Å². The van der Waals surface area contributed by atoms with E-state index in [0.717, 1.165) is 5.56 Å². The minimum absolute atomic E-state index is 0.0520. The first-order chi connectivity index (χ1) is 13.9. The first-order valence-corrected chi connectivity index (χ1v) is 9.41. The van der Waals surface area contributed by atoms with Gasteiger partial charge in [-0.25, -0.2) is 0 Å². The van der Waals surface area contributed by atoms with E-state index in [1.54, 1.807) is 18.2 Å². The fraction of sp³-hybridized carbons (Fsp3) is 0.318. The van der Waals surface area contributed by atoms with Crippen molar-refractivity contribution in [2.75, 3.05) is 6.79 Å². The van der Waals surface area contributed by atoms with Crippen molar-refractivity contribution < 1.29 is 34.1 Å². The van der Waals surface area contributed by atoms with Crippen LogP contribution in [0.2, 0.25) is 0 Å². The van der Waals surface area contributed by atoms with Crippen molar-refractivity contribution in [1.29, 1.82) is 0 Å². The van der Waals surface area contributed by atoms with E-state index >= 15 is 0 Å². The summed E-state index contributed by atoms with van der Waals surface area (Å²) in [4.78, 5) is 37.7. The van der Waals surface area contributed by atoms with Crippen LogP contribution in [-0.4, -0.2) is 34.4 Å². The Morgan fingerprint density at radius 1 is 0.931 bits per heavy atom. The molecule has 2 aromatic rings. The summed E-state index contributed by atoms with van der Waals surface area (Å²) >= 11 is 0. The molecule has 1 fully saturated rings. The third-order valence-corrected chi connectivity index (χ3v) is 5.43. The molecule has 1 heterocycles. The van der Waals surface area contributed by atoms with Crippen LogP contribution >= 0.6 is 0 Å². The van der Waals surface area contributed by atoms with Crippen LogP contribution in [-0.2, 0) is 20.8 Å². The summed E-state index contributed by atoms with van der Waals surface area (Å²) in [5, 5.41) is 19.1. The summed E-state index contributed by atoms with van der Waals surface area (Å²) in [6.45, 7) is 0.169. The molecule has 2 N–H and O–H groups in total. The lowest BCUT2D eigenvalue weighted by Gasteiger charge is -2.26. The van der Waals surface area contributed by atoms with E-state index in [1.807, 2.05) is 6.07 Å². The highest BCUT2D eigenvalue weighted by Crippen LogP contribution is 2.37. The molecule has 150 valence electrons. The van der Waals surface area contributed by atoms with Gasteiger partial charge >= 0.3 is 0 Å². The lowest BCUT2D eigenvalue weighted by atomic mass is 9.74. The highest BCUT2D eigenvalue weighted by Gasteiger charge is 2.40. The lowest BCUT2D eigenvalue weighted by molar-refractivity contribution is -0.142. The number of benzene rings is 2. The largest absolute Gasteiger partial charge is 0.504 e. The van der Waals surface area contributed by atoms with Gasteiger partial charge in [-0.3, -0.25) is 14.4 Å². The van der Waals surface area contributed by atoms with Crippen molar-refractivity contribution in [3.63, 3.8) is 0 Å². The van der Waals surface area contributed by atoms with Gasteiger partial charge in [0, 0.05) is 19.3 Å². The maximum absolute atomic E-state index is 12.6. The van der Waals surface area contributed by atoms with Crippen molar-refractivity contribution in [2.45, 2.75) is 31.6 Å². The van der Waals surface area contributed by atoms with Crippen LogP contribution in [0.3, 0.4) is 0 Å². The number of carbonyl (C=O) groups is 3. The minimum Gasteiger partial charge on any atom is -0.504 e. The van der Waals surface area contributed by atoms with Crippen molar-refractivity contribution in [3.05, 3.63) is 47.5 Å². The van der Waals surface area contributed by atoms with Crippen LogP contribution in [0.1, 0.15) is 36.3 Å². The van der Waals surface area contributed by atoms with E-state index in [0.29, 0.717) is 23.5 Å². The number of phenolic OH excluding ortho intramolecular Hbond substituents is 2. The summed E-state index contributed by atoms with van der Waals surface area (Å²) in [6, 6.07) is 9.65. The summed E-state index contributed by atoms with van der Waals surface area (Å²) in [5.41, 5.74) is 1.46. The highest BCUT2D eigenvalue weighted by molar-refractivity contribution is 6.21. The van der Waals surface area contributed by atoms with E-state index in [9.17, 15) is 24.6 Å². The highest BCUT2D eigenvalue weighted by atomic mass is 16.7. The molecule has 0 saturated heterocycles. The average molecular weight is 396 g/mol. The Kier molecular flexibility index (Phi) is 4.96. The molecule has 0 amide bonds. The second kappa shape index (κ2) is 7.58. The number of ether oxygens (including phenoxy) is 2. The van der Waals surface area contributed by atoms with Crippen LogP contribution in [0, 0.1) is 5.92 Å². The molecule has 0 spiro atoms. The summed E-state index contributed by atoms with van der Waals surface area (Å²) in [7, 11) is 0. The fourth-order valence-electron chi connectivity index (χ4n) is 3.87. The Bertz CT molecular complexity index is 977. The molecule has 29 heavy (non-hydrogen) atoms. The fourth-order valence-corrected chi connectivity index (χ4v) is 3.87. The molecule has 7 nitrogen and oxygen atoms in total. The lowest BCUT2D eigenvalue weighted by Crippen LogP contribution is -2.38. The Hall–Kier alpha value is -3.35. The summed E-state index contributed by atoms with van der Waals surface area (Å²) in [5.74, 6) is -2.06. The first kappa shape index (κ1) is 19.0. The molecule has 1 aliphatic carbocycles. The van der Waals surface area contributed by atoms with Gasteiger partial charge in [0.1, 0.15) is 5.92 Å². The van der Waals surface area contributed by atoms with Crippen LogP contribution in [0.15, 0.2) is 36.4 Å². The maximum atomic E-state index is 12.6.